The molecular weight excluding hydrogens is 607 g/mol. The Labute approximate surface area is 246 Å². The maximum Gasteiger partial charge on any atom is 0.407 e. The van der Waals surface area contributed by atoms with E-state index in [-0.39, 0.29) is 11.5 Å². The first-order valence-electron chi connectivity index (χ1n) is 12.8. The zero-order valence-electron chi connectivity index (χ0n) is 22.2. The molecule has 3 aromatic rings. The molecule has 1 aliphatic carbocycles. The number of benzene rings is 2. The number of hydrogen-bond acceptors (Lipinski definition) is 6. The number of fused-ring (bicyclic) bond motifs is 2. The Hall–Kier alpha value is -2.49. The highest BCUT2D eigenvalue weighted by atomic mass is 79.9. The number of ether oxygens (including phenoxy) is 2. The third-order valence-corrected chi connectivity index (χ3v) is 9.61. The van der Waals surface area contributed by atoms with E-state index in [1.807, 2.05) is 24.3 Å². The van der Waals surface area contributed by atoms with Crippen molar-refractivity contribution < 1.29 is 19.4 Å². The number of hydrogen-bond donors (Lipinski definition) is 2. The van der Waals surface area contributed by atoms with Gasteiger partial charge in [-0.3, -0.25) is 0 Å². The molecule has 8 nitrogen and oxygen atoms in total. The number of rotatable bonds is 6. The fourth-order valence-electron chi connectivity index (χ4n) is 6.31. The monoisotopic (exact) mass is 636 g/mol. The van der Waals surface area contributed by atoms with Gasteiger partial charge in [0.25, 0.3) is 0 Å². The summed E-state index contributed by atoms with van der Waals surface area (Å²) in [6.07, 6.45) is 2.55. The molecule has 1 saturated heterocycles. The summed E-state index contributed by atoms with van der Waals surface area (Å²) in [7, 11) is 1.60. The summed E-state index contributed by atoms with van der Waals surface area (Å²) in [6.45, 7) is 7.51. The molecule has 1 saturated carbocycles. The summed E-state index contributed by atoms with van der Waals surface area (Å²) in [4.78, 5) is 22.4. The van der Waals surface area contributed by atoms with Crippen molar-refractivity contribution in [3.05, 3.63) is 45.1 Å². The number of likely N-dealkylation sites (tertiary alicyclic amines) is 1. The lowest BCUT2D eigenvalue weighted by atomic mass is 9.77. The number of nitrogens with one attached hydrogen (secondary N) is 1. The molecule has 0 bridgehead atoms. The summed E-state index contributed by atoms with van der Waals surface area (Å²) in [5.74, 6) is 2.78. The van der Waals surface area contributed by atoms with Crippen molar-refractivity contribution in [3.8, 4) is 11.5 Å². The van der Waals surface area contributed by atoms with E-state index in [1.54, 1.807) is 12.0 Å². The second kappa shape index (κ2) is 10.8. The molecule has 11 heteroatoms. The van der Waals surface area contributed by atoms with Gasteiger partial charge in [0.05, 0.1) is 35.0 Å². The van der Waals surface area contributed by atoms with E-state index in [4.69, 9.17) is 32.7 Å². The zero-order chi connectivity index (χ0) is 28.1. The number of nitrogens with zero attached hydrogens (tertiary/aromatic N) is 3. The van der Waals surface area contributed by atoms with Gasteiger partial charge in [-0.2, -0.15) is 0 Å². The van der Waals surface area contributed by atoms with E-state index in [9.17, 15) is 9.90 Å². The predicted molar refractivity (Wildman–Crippen MR) is 157 cm³/mol. The van der Waals surface area contributed by atoms with Crippen LogP contribution < -0.4 is 14.8 Å². The summed E-state index contributed by atoms with van der Waals surface area (Å²) < 4.78 is 12.7. The molecule has 5 rings (SSSR count). The van der Waals surface area contributed by atoms with Crippen LogP contribution in [0.15, 0.2) is 35.1 Å². The van der Waals surface area contributed by atoms with Crippen molar-refractivity contribution in [3.63, 3.8) is 0 Å². The van der Waals surface area contributed by atoms with Gasteiger partial charge in [-0.25, -0.2) is 14.8 Å². The standard InChI is InChI=1S/C28H31BrCl2N4O4/c1-28(2,3)25-16-8-14(7-15(16)11-35(25)27(36)37)12-39-22-10-20-17(9-21(22)38-4)26(33-13-32-20)34-19-6-5-18(29)23(30)24(19)31/h5-6,9-10,13-16,25H,7-8,11-12H2,1-4H3,(H,36,37)(H,32,33,34)/t14?,15-,16-,25?/m0/s1. The Bertz CT molecular complexity index is 1420. The first-order valence-corrected chi connectivity index (χ1v) is 14.4. The topological polar surface area (TPSA) is 96.8 Å². The van der Waals surface area contributed by atoms with Gasteiger partial charge in [0, 0.05) is 28.5 Å². The summed E-state index contributed by atoms with van der Waals surface area (Å²) in [6, 6.07) is 7.35. The molecule has 1 aliphatic heterocycles. The fourth-order valence-corrected chi connectivity index (χ4v) is 7.13. The van der Waals surface area contributed by atoms with Gasteiger partial charge < -0.3 is 24.8 Å². The fraction of sp³-hybridized carbons (Fsp3) is 0.464. The summed E-state index contributed by atoms with van der Waals surface area (Å²) in [5, 5.41) is 14.5. The van der Waals surface area contributed by atoms with Crippen LogP contribution in [0.4, 0.5) is 16.3 Å². The van der Waals surface area contributed by atoms with Crippen LogP contribution in [0.1, 0.15) is 33.6 Å². The van der Waals surface area contributed by atoms with E-state index in [2.05, 4.69) is 52.0 Å². The molecule has 2 aromatic carbocycles. The predicted octanol–water partition coefficient (Wildman–Crippen LogP) is 7.88. The van der Waals surface area contributed by atoms with Crippen molar-refractivity contribution in [2.75, 3.05) is 25.6 Å². The lowest BCUT2D eigenvalue weighted by molar-refractivity contribution is 0.0858. The number of aromatic nitrogens is 2. The van der Waals surface area contributed by atoms with Gasteiger partial charge in [-0.1, -0.05) is 44.0 Å². The van der Waals surface area contributed by atoms with Gasteiger partial charge in [0.15, 0.2) is 11.5 Å². The van der Waals surface area contributed by atoms with Crippen molar-refractivity contribution >= 4 is 67.6 Å². The minimum absolute atomic E-state index is 0.0111. The smallest absolute Gasteiger partial charge is 0.407 e. The summed E-state index contributed by atoms with van der Waals surface area (Å²) in [5.41, 5.74) is 1.19. The largest absolute Gasteiger partial charge is 0.493 e. The third-order valence-electron chi connectivity index (χ3n) is 7.84. The van der Waals surface area contributed by atoms with Crippen LogP contribution in [0.3, 0.4) is 0 Å². The molecule has 4 atom stereocenters. The molecule has 1 aromatic heterocycles. The molecule has 1 amide bonds. The van der Waals surface area contributed by atoms with Crippen molar-refractivity contribution in [2.24, 2.45) is 23.2 Å². The molecule has 2 fully saturated rings. The molecule has 208 valence electrons. The van der Waals surface area contributed by atoms with Gasteiger partial charge in [0.1, 0.15) is 12.1 Å². The minimum Gasteiger partial charge on any atom is -0.493 e. The summed E-state index contributed by atoms with van der Waals surface area (Å²) >= 11 is 16.1. The Kier molecular flexibility index (Phi) is 7.79. The Morgan fingerprint density at radius 2 is 1.95 bits per heavy atom. The first kappa shape index (κ1) is 28.1. The van der Waals surface area contributed by atoms with E-state index < -0.39 is 6.09 Å². The highest BCUT2D eigenvalue weighted by Gasteiger charge is 2.52. The zero-order valence-corrected chi connectivity index (χ0v) is 25.3. The molecule has 2 unspecified atom stereocenters. The van der Waals surface area contributed by atoms with Crippen LogP contribution in [0.5, 0.6) is 11.5 Å². The SMILES string of the molecule is COc1cc2c(Nc3ccc(Br)c(Cl)c3Cl)ncnc2cc1OCC1C[C@H]2CN(C(=O)O)C(C(C)(C)C)[C@H]2C1. The van der Waals surface area contributed by atoms with E-state index >= 15 is 0 Å². The minimum atomic E-state index is -0.820. The van der Waals surface area contributed by atoms with Gasteiger partial charge in [-0.05, 0) is 70.1 Å². The lowest BCUT2D eigenvalue weighted by Gasteiger charge is -2.37. The Morgan fingerprint density at radius 3 is 2.64 bits per heavy atom. The van der Waals surface area contributed by atoms with Gasteiger partial charge >= 0.3 is 6.09 Å². The number of methoxy groups -OCH3 is 1. The van der Waals surface area contributed by atoms with Crippen molar-refractivity contribution in [2.45, 2.75) is 39.7 Å². The van der Waals surface area contributed by atoms with Gasteiger partial charge in [0.2, 0.25) is 0 Å². The Balaban J connectivity index is 1.34. The highest BCUT2D eigenvalue weighted by molar-refractivity contribution is 9.10. The van der Waals surface area contributed by atoms with E-state index in [0.717, 1.165) is 18.2 Å². The van der Waals surface area contributed by atoms with Crippen LogP contribution in [-0.2, 0) is 0 Å². The molecule has 2 N–H and O–H groups in total. The van der Waals surface area contributed by atoms with Crippen LogP contribution in [0.25, 0.3) is 10.9 Å². The van der Waals surface area contributed by atoms with Crippen LogP contribution >= 0.6 is 39.1 Å². The van der Waals surface area contributed by atoms with Gasteiger partial charge in [-0.15, -0.1) is 0 Å². The third kappa shape index (κ3) is 5.45. The van der Waals surface area contributed by atoms with Crippen LogP contribution in [0, 0.1) is 23.2 Å². The average Bonchev–Trinajstić information content (AvgIpc) is 3.45. The molecule has 0 spiro atoms. The van der Waals surface area contributed by atoms with E-state index in [0.29, 0.717) is 73.9 Å². The maximum absolute atomic E-state index is 11.9. The second-order valence-electron chi connectivity index (χ2n) is 11.4. The maximum atomic E-state index is 11.9. The molecule has 0 radical (unpaired) electrons. The lowest BCUT2D eigenvalue weighted by Crippen LogP contribution is -2.45. The number of halogens is 3. The van der Waals surface area contributed by atoms with Crippen molar-refractivity contribution in [1.82, 2.24) is 14.9 Å². The quantitative estimate of drug-likeness (QED) is 0.265. The van der Waals surface area contributed by atoms with Crippen LogP contribution in [-0.4, -0.2) is 52.4 Å². The second-order valence-corrected chi connectivity index (χ2v) is 13.0. The average molecular weight is 638 g/mol. The number of amides is 1. The Morgan fingerprint density at radius 1 is 1.18 bits per heavy atom. The number of carboxylic acid groups (broad SMARTS) is 1. The van der Waals surface area contributed by atoms with Crippen molar-refractivity contribution in [1.29, 1.82) is 0 Å². The molecular formula is C28H31BrCl2N4O4. The number of carbonyl (C=O) groups is 1. The normalized spacial score (nSPS) is 22.7. The molecule has 2 heterocycles. The van der Waals surface area contributed by atoms with E-state index in [1.165, 1.54) is 6.33 Å². The molecule has 2 aliphatic rings. The highest BCUT2D eigenvalue weighted by Crippen LogP contribution is 2.50. The number of anilines is 2. The first-order chi connectivity index (χ1) is 18.5. The molecule has 39 heavy (non-hydrogen) atoms. The van der Waals surface area contributed by atoms with Crippen LogP contribution in [0.2, 0.25) is 10.0 Å².